The number of nitrogens with one attached hydrogen (secondary N) is 2. The molecule has 2 rings (SSSR count). The first-order valence-corrected chi connectivity index (χ1v) is 11.5. The van der Waals surface area contributed by atoms with E-state index in [0.717, 1.165) is 36.4 Å². The Balaban J connectivity index is 2.15. The molecule has 1 unspecified atom stereocenters. The number of nitrogen functional groups attached to an aromatic ring is 2. The van der Waals surface area contributed by atoms with Crippen molar-refractivity contribution in [3.8, 4) is 0 Å². The van der Waals surface area contributed by atoms with E-state index < -0.39 is 49.2 Å². The third-order valence-corrected chi connectivity index (χ3v) is 7.08. The predicted molar refractivity (Wildman–Crippen MR) is 111 cm³/mol. The first-order valence-electron chi connectivity index (χ1n) is 8.52. The molecule has 0 heterocycles. The highest BCUT2D eigenvalue weighted by molar-refractivity contribution is 7.90. The molecule has 0 saturated carbocycles. The maximum atomic E-state index is 12.5. The summed E-state index contributed by atoms with van der Waals surface area (Å²) >= 11 is 0. The number of nitrogens with two attached hydrogens (primary N) is 2. The van der Waals surface area contributed by atoms with E-state index in [2.05, 4.69) is 9.44 Å². The summed E-state index contributed by atoms with van der Waals surface area (Å²) in [5, 5.41) is 18.1. The standard InChI is InChI=1S/C17H20N4O8S2/c1-9(21-31(28,29)11-3-5-15(19)13(7-11)17(24)25)8-20-30(26,27)10-2-4-14(18)12(6-10)16(22)23/h2-7,9,20-21H,8,18-19H2,1H3,(H,22,23)(H,24,25). The number of rotatable bonds is 9. The average molecular weight is 473 g/mol. The van der Waals surface area contributed by atoms with E-state index >= 15 is 0 Å². The molecule has 8 N–H and O–H groups in total. The van der Waals surface area contributed by atoms with Gasteiger partial charge in [0.15, 0.2) is 0 Å². The Hall–Kier alpha value is -3.20. The van der Waals surface area contributed by atoms with E-state index in [1.807, 2.05) is 0 Å². The molecule has 0 aliphatic carbocycles. The monoisotopic (exact) mass is 472 g/mol. The van der Waals surface area contributed by atoms with Crippen molar-refractivity contribution < 1.29 is 36.6 Å². The number of anilines is 2. The molecule has 31 heavy (non-hydrogen) atoms. The topological polar surface area (TPSA) is 219 Å². The van der Waals surface area contributed by atoms with Crippen LogP contribution in [0.15, 0.2) is 46.2 Å². The molecule has 0 fully saturated rings. The molecule has 0 aliphatic rings. The molecule has 168 valence electrons. The van der Waals surface area contributed by atoms with Crippen molar-refractivity contribution in [2.24, 2.45) is 0 Å². The lowest BCUT2D eigenvalue weighted by Gasteiger charge is -2.16. The molecule has 0 aromatic heterocycles. The van der Waals surface area contributed by atoms with Gasteiger partial charge in [0, 0.05) is 24.0 Å². The van der Waals surface area contributed by atoms with Gasteiger partial charge in [-0.15, -0.1) is 0 Å². The zero-order valence-corrected chi connectivity index (χ0v) is 17.7. The van der Waals surface area contributed by atoms with Crippen molar-refractivity contribution in [2.75, 3.05) is 18.0 Å². The third-order valence-electron chi connectivity index (χ3n) is 4.07. The first kappa shape index (κ1) is 24.1. The summed E-state index contributed by atoms with van der Waals surface area (Å²) in [6.07, 6.45) is 0. The van der Waals surface area contributed by atoms with Gasteiger partial charge in [0.05, 0.1) is 20.9 Å². The predicted octanol–water partition coefficient (Wildman–Crippen LogP) is -0.107. The Morgan fingerprint density at radius 2 is 1.29 bits per heavy atom. The van der Waals surface area contributed by atoms with Gasteiger partial charge >= 0.3 is 11.9 Å². The molecule has 2 aromatic rings. The highest BCUT2D eigenvalue weighted by Gasteiger charge is 2.23. The van der Waals surface area contributed by atoms with Gasteiger partial charge in [0.2, 0.25) is 20.0 Å². The van der Waals surface area contributed by atoms with Crippen LogP contribution in [0.25, 0.3) is 0 Å². The van der Waals surface area contributed by atoms with Gasteiger partial charge in [0.25, 0.3) is 0 Å². The lowest BCUT2D eigenvalue weighted by Crippen LogP contribution is -2.41. The SMILES string of the molecule is CC(CNS(=O)(=O)c1ccc(N)c(C(=O)O)c1)NS(=O)(=O)c1ccc(N)c(C(=O)O)c1. The molecule has 0 amide bonds. The van der Waals surface area contributed by atoms with Crippen LogP contribution >= 0.6 is 0 Å². The fourth-order valence-corrected chi connectivity index (χ4v) is 4.89. The molecular weight excluding hydrogens is 452 g/mol. The van der Waals surface area contributed by atoms with Crippen molar-refractivity contribution in [1.82, 2.24) is 9.44 Å². The maximum Gasteiger partial charge on any atom is 0.337 e. The van der Waals surface area contributed by atoms with E-state index in [4.69, 9.17) is 21.7 Å². The normalized spacial score (nSPS) is 12.9. The van der Waals surface area contributed by atoms with Crippen LogP contribution < -0.4 is 20.9 Å². The zero-order valence-electron chi connectivity index (χ0n) is 16.1. The van der Waals surface area contributed by atoms with Crippen LogP contribution in [0.2, 0.25) is 0 Å². The number of carbonyl (C=O) groups is 2. The van der Waals surface area contributed by atoms with Gasteiger partial charge in [-0.1, -0.05) is 0 Å². The van der Waals surface area contributed by atoms with Gasteiger partial charge in [-0.3, -0.25) is 0 Å². The molecule has 14 heteroatoms. The Labute approximate surface area is 178 Å². The minimum atomic E-state index is -4.19. The highest BCUT2D eigenvalue weighted by atomic mass is 32.2. The number of aromatic carboxylic acids is 2. The summed E-state index contributed by atoms with van der Waals surface area (Å²) in [7, 11) is -8.36. The molecule has 1 atom stereocenters. The quantitative estimate of drug-likeness (QED) is 0.266. The molecule has 0 aliphatic heterocycles. The van der Waals surface area contributed by atoms with Crippen LogP contribution in [0.1, 0.15) is 27.6 Å². The van der Waals surface area contributed by atoms with Crippen LogP contribution in [-0.4, -0.2) is 51.6 Å². The van der Waals surface area contributed by atoms with E-state index in [1.54, 1.807) is 0 Å². The minimum absolute atomic E-state index is 0.114. The van der Waals surface area contributed by atoms with Crippen molar-refractivity contribution in [1.29, 1.82) is 0 Å². The van der Waals surface area contributed by atoms with Gasteiger partial charge in [-0.2, -0.15) is 0 Å². The Morgan fingerprint density at radius 3 is 1.71 bits per heavy atom. The Kier molecular flexibility index (Phi) is 6.90. The van der Waals surface area contributed by atoms with Crippen molar-refractivity contribution in [3.63, 3.8) is 0 Å². The number of hydrogen-bond donors (Lipinski definition) is 6. The van der Waals surface area contributed by atoms with Crippen molar-refractivity contribution >= 4 is 43.4 Å². The number of sulfonamides is 2. The summed E-state index contributed by atoms with van der Waals surface area (Å²) in [6.45, 7) is 0.996. The number of benzene rings is 2. The Bertz CT molecular complexity index is 1240. The highest BCUT2D eigenvalue weighted by Crippen LogP contribution is 2.19. The third kappa shape index (κ3) is 5.69. The maximum absolute atomic E-state index is 12.5. The van der Waals surface area contributed by atoms with Gasteiger partial charge in [-0.25, -0.2) is 35.9 Å². The zero-order chi connectivity index (χ0) is 23.6. The summed E-state index contributed by atoms with van der Waals surface area (Å²) in [5.41, 5.74) is 9.99. The van der Waals surface area contributed by atoms with E-state index in [9.17, 15) is 26.4 Å². The first-order chi connectivity index (χ1) is 14.2. The van der Waals surface area contributed by atoms with Crippen LogP contribution in [0.5, 0.6) is 0 Å². The summed E-state index contributed by atoms with van der Waals surface area (Å²) in [5.74, 6) is -2.81. The summed E-state index contributed by atoms with van der Waals surface area (Å²) < 4.78 is 54.2. The second-order valence-corrected chi connectivity index (χ2v) is 9.96. The second kappa shape index (κ2) is 8.89. The number of hydrogen-bond acceptors (Lipinski definition) is 8. The fraction of sp³-hybridized carbons (Fsp3) is 0.176. The van der Waals surface area contributed by atoms with Crippen LogP contribution in [0.4, 0.5) is 11.4 Å². The number of carboxylic acids is 2. The molecule has 0 bridgehead atoms. The van der Waals surface area contributed by atoms with Gasteiger partial charge < -0.3 is 21.7 Å². The molecule has 0 saturated heterocycles. The number of carboxylic acid groups (broad SMARTS) is 2. The molecule has 0 radical (unpaired) electrons. The van der Waals surface area contributed by atoms with Gasteiger partial charge in [-0.05, 0) is 43.3 Å². The van der Waals surface area contributed by atoms with Crippen molar-refractivity contribution in [3.05, 3.63) is 47.5 Å². The summed E-state index contributed by atoms with van der Waals surface area (Å²) in [4.78, 5) is 21.5. The minimum Gasteiger partial charge on any atom is -0.478 e. The molecular formula is C17H20N4O8S2. The summed E-state index contributed by atoms with van der Waals surface area (Å²) in [6, 6.07) is 5.31. The smallest absolute Gasteiger partial charge is 0.337 e. The second-order valence-electron chi connectivity index (χ2n) is 6.48. The Morgan fingerprint density at radius 1 is 0.871 bits per heavy atom. The molecule has 0 spiro atoms. The molecule has 2 aromatic carbocycles. The molecule has 12 nitrogen and oxygen atoms in total. The average Bonchev–Trinajstić information content (AvgIpc) is 2.66. The fourth-order valence-electron chi connectivity index (χ4n) is 2.47. The largest absolute Gasteiger partial charge is 0.478 e. The van der Waals surface area contributed by atoms with Crippen LogP contribution in [0.3, 0.4) is 0 Å². The van der Waals surface area contributed by atoms with Crippen molar-refractivity contribution in [2.45, 2.75) is 22.8 Å². The van der Waals surface area contributed by atoms with Gasteiger partial charge in [0.1, 0.15) is 0 Å². The van der Waals surface area contributed by atoms with E-state index in [0.29, 0.717) is 0 Å². The lowest BCUT2D eigenvalue weighted by atomic mass is 10.2. The van der Waals surface area contributed by atoms with E-state index in [1.165, 1.54) is 6.92 Å². The lowest BCUT2D eigenvalue weighted by molar-refractivity contribution is 0.0686. The van der Waals surface area contributed by atoms with Crippen LogP contribution in [-0.2, 0) is 20.0 Å². The van der Waals surface area contributed by atoms with Crippen LogP contribution in [0, 0.1) is 0 Å². The van der Waals surface area contributed by atoms with E-state index in [-0.39, 0.29) is 27.7 Å².